The van der Waals surface area contributed by atoms with Gasteiger partial charge in [0, 0.05) is 4.70 Å². The van der Waals surface area contributed by atoms with Crippen LogP contribution in [-0.4, -0.2) is 0 Å². The van der Waals surface area contributed by atoms with Crippen molar-refractivity contribution in [3.05, 3.63) is 29.3 Å². The average Bonchev–Trinajstić information content (AvgIpc) is 2.32. The molecule has 0 atom stereocenters. The molecule has 1 nitrogen and oxygen atoms in total. The molecular formula is C10H11NS. The molecule has 2 N–H and O–H groups in total. The highest BCUT2D eigenvalue weighted by atomic mass is 32.1. The first kappa shape index (κ1) is 7.62. The third-order valence-electron chi connectivity index (χ3n) is 2.20. The van der Waals surface area contributed by atoms with Gasteiger partial charge >= 0.3 is 0 Å². The Labute approximate surface area is 75.8 Å². The summed E-state index contributed by atoms with van der Waals surface area (Å²) in [5.74, 6) is 0. The molecule has 0 saturated carbocycles. The van der Waals surface area contributed by atoms with Gasteiger partial charge in [-0.2, -0.15) is 0 Å². The van der Waals surface area contributed by atoms with Gasteiger partial charge in [-0.1, -0.05) is 18.2 Å². The van der Waals surface area contributed by atoms with Gasteiger partial charge in [0.25, 0.3) is 0 Å². The van der Waals surface area contributed by atoms with E-state index in [9.17, 15) is 0 Å². The first-order chi connectivity index (χ1) is 5.70. The highest BCUT2D eigenvalue weighted by molar-refractivity contribution is 7.23. The third-order valence-corrected chi connectivity index (χ3v) is 3.47. The van der Waals surface area contributed by atoms with Crippen molar-refractivity contribution >= 4 is 26.4 Å². The minimum atomic E-state index is 0.944. The van der Waals surface area contributed by atoms with Crippen molar-refractivity contribution in [1.82, 2.24) is 0 Å². The molecule has 62 valence electrons. The average molecular weight is 177 g/mol. The summed E-state index contributed by atoms with van der Waals surface area (Å²) in [5, 5.41) is 2.25. The maximum Gasteiger partial charge on any atom is 0.0898 e. The summed E-state index contributed by atoms with van der Waals surface area (Å²) in [6, 6.07) is 6.33. The van der Waals surface area contributed by atoms with Gasteiger partial charge in [0.2, 0.25) is 0 Å². The summed E-state index contributed by atoms with van der Waals surface area (Å²) < 4.78 is 1.33. The number of hydrogen-bond donors (Lipinski definition) is 1. The van der Waals surface area contributed by atoms with Crippen molar-refractivity contribution in [2.75, 3.05) is 5.73 Å². The molecule has 2 rings (SSSR count). The Hall–Kier alpha value is -1.02. The predicted octanol–water partition coefficient (Wildman–Crippen LogP) is 3.10. The normalized spacial score (nSPS) is 10.8. The van der Waals surface area contributed by atoms with Crippen LogP contribution in [0.2, 0.25) is 0 Å². The molecule has 0 saturated heterocycles. The van der Waals surface area contributed by atoms with Gasteiger partial charge in [0.05, 0.1) is 5.00 Å². The molecule has 2 heteroatoms. The topological polar surface area (TPSA) is 26.0 Å². The summed E-state index contributed by atoms with van der Waals surface area (Å²) in [7, 11) is 0. The molecule has 0 fully saturated rings. The fraction of sp³-hybridized carbons (Fsp3) is 0.200. The van der Waals surface area contributed by atoms with Crippen molar-refractivity contribution in [2.24, 2.45) is 0 Å². The Morgan fingerprint density at radius 1 is 1.25 bits per heavy atom. The highest BCUT2D eigenvalue weighted by Gasteiger charge is 2.05. The Bertz CT molecular complexity index is 429. The zero-order chi connectivity index (χ0) is 8.72. The molecule has 0 aliphatic carbocycles. The van der Waals surface area contributed by atoms with Crippen LogP contribution in [0.3, 0.4) is 0 Å². The maximum atomic E-state index is 5.84. The van der Waals surface area contributed by atoms with Crippen molar-refractivity contribution in [1.29, 1.82) is 0 Å². The summed E-state index contributed by atoms with van der Waals surface area (Å²) in [5.41, 5.74) is 8.38. The molecule has 0 aliphatic heterocycles. The summed E-state index contributed by atoms with van der Waals surface area (Å²) in [6.45, 7) is 4.20. The molecule has 0 radical (unpaired) electrons. The number of aryl methyl sites for hydroxylation is 2. The van der Waals surface area contributed by atoms with Crippen molar-refractivity contribution in [3.63, 3.8) is 0 Å². The van der Waals surface area contributed by atoms with E-state index >= 15 is 0 Å². The molecule has 1 heterocycles. The van der Waals surface area contributed by atoms with Crippen LogP contribution in [-0.2, 0) is 0 Å². The highest BCUT2D eigenvalue weighted by Crippen LogP contribution is 2.34. The van der Waals surface area contributed by atoms with Crippen LogP contribution in [0, 0.1) is 13.8 Å². The number of anilines is 1. The van der Waals surface area contributed by atoms with E-state index in [1.54, 1.807) is 11.3 Å². The third kappa shape index (κ3) is 0.916. The van der Waals surface area contributed by atoms with Crippen LogP contribution in [0.15, 0.2) is 18.2 Å². The van der Waals surface area contributed by atoms with Gasteiger partial charge in [0.1, 0.15) is 0 Å². The molecule has 0 amide bonds. The second-order valence-electron chi connectivity index (χ2n) is 3.04. The van der Waals surface area contributed by atoms with Crippen molar-refractivity contribution in [3.8, 4) is 0 Å². The van der Waals surface area contributed by atoms with Crippen LogP contribution in [0.5, 0.6) is 0 Å². The van der Waals surface area contributed by atoms with Crippen LogP contribution < -0.4 is 5.73 Å². The van der Waals surface area contributed by atoms with Gasteiger partial charge in [-0.3, -0.25) is 0 Å². The minimum Gasteiger partial charge on any atom is -0.390 e. The fourth-order valence-corrected chi connectivity index (χ4v) is 2.45. The van der Waals surface area contributed by atoms with Gasteiger partial charge < -0.3 is 5.73 Å². The van der Waals surface area contributed by atoms with Gasteiger partial charge in [-0.25, -0.2) is 0 Å². The lowest BCUT2D eigenvalue weighted by Gasteiger charge is -1.93. The maximum absolute atomic E-state index is 5.84. The van der Waals surface area contributed by atoms with Crippen molar-refractivity contribution < 1.29 is 0 Å². The molecule has 0 unspecified atom stereocenters. The zero-order valence-corrected chi connectivity index (χ0v) is 8.03. The molecule has 12 heavy (non-hydrogen) atoms. The number of nitrogens with two attached hydrogens (primary N) is 1. The SMILES string of the molecule is Cc1c(N)sc2c(C)cccc12. The molecule has 0 aliphatic rings. The second kappa shape index (κ2) is 2.49. The van der Waals surface area contributed by atoms with Crippen LogP contribution in [0.25, 0.3) is 10.1 Å². The van der Waals surface area contributed by atoms with E-state index in [1.165, 1.54) is 21.2 Å². The van der Waals surface area contributed by atoms with E-state index in [1.807, 2.05) is 0 Å². The smallest absolute Gasteiger partial charge is 0.0898 e. The van der Waals surface area contributed by atoms with E-state index in [0.717, 1.165) is 5.00 Å². The largest absolute Gasteiger partial charge is 0.390 e. The van der Waals surface area contributed by atoms with Crippen molar-refractivity contribution in [2.45, 2.75) is 13.8 Å². The quantitative estimate of drug-likeness (QED) is 0.657. The molecule has 1 aromatic heterocycles. The lowest BCUT2D eigenvalue weighted by Crippen LogP contribution is -1.80. The number of rotatable bonds is 0. The summed E-state index contributed by atoms with van der Waals surface area (Å²) in [4.78, 5) is 0. The van der Waals surface area contributed by atoms with E-state index in [4.69, 9.17) is 5.73 Å². The first-order valence-electron chi connectivity index (χ1n) is 3.94. The van der Waals surface area contributed by atoms with Crippen LogP contribution >= 0.6 is 11.3 Å². The molecule has 0 bridgehead atoms. The Kier molecular flexibility index (Phi) is 1.58. The Morgan fingerprint density at radius 3 is 2.67 bits per heavy atom. The molecular weight excluding hydrogens is 166 g/mol. The van der Waals surface area contributed by atoms with E-state index in [0.29, 0.717) is 0 Å². The minimum absolute atomic E-state index is 0.944. The first-order valence-corrected chi connectivity index (χ1v) is 4.76. The van der Waals surface area contributed by atoms with Gasteiger partial charge in [-0.15, -0.1) is 11.3 Å². The van der Waals surface area contributed by atoms with Gasteiger partial charge in [0.15, 0.2) is 0 Å². The number of benzene rings is 1. The van der Waals surface area contributed by atoms with Gasteiger partial charge in [-0.05, 0) is 30.4 Å². The fourth-order valence-electron chi connectivity index (χ4n) is 1.40. The van der Waals surface area contributed by atoms with E-state index < -0.39 is 0 Å². The Morgan fingerprint density at radius 2 is 2.00 bits per heavy atom. The molecule has 0 spiro atoms. The van der Waals surface area contributed by atoms with Crippen LogP contribution in [0.4, 0.5) is 5.00 Å². The monoisotopic (exact) mass is 177 g/mol. The molecule has 2 aromatic rings. The number of nitrogen functional groups attached to an aromatic ring is 1. The zero-order valence-electron chi connectivity index (χ0n) is 7.22. The lowest BCUT2D eigenvalue weighted by atomic mass is 10.1. The predicted molar refractivity (Wildman–Crippen MR) is 55.7 cm³/mol. The summed E-state index contributed by atoms with van der Waals surface area (Å²) in [6.07, 6.45) is 0. The van der Waals surface area contributed by atoms with E-state index in [-0.39, 0.29) is 0 Å². The lowest BCUT2D eigenvalue weighted by molar-refractivity contribution is 1.54. The standard InChI is InChI=1S/C10H11NS/c1-6-4-3-5-8-7(2)10(11)12-9(6)8/h3-5H,11H2,1-2H3. The number of hydrogen-bond acceptors (Lipinski definition) is 2. The molecule has 1 aromatic carbocycles. The van der Waals surface area contributed by atoms with E-state index in [2.05, 4.69) is 32.0 Å². The Balaban J connectivity index is 2.95. The second-order valence-corrected chi connectivity index (χ2v) is 4.10. The van der Waals surface area contributed by atoms with Crippen LogP contribution in [0.1, 0.15) is 11.1 Å². The number of thiophene rings is 1. The number of fused-ring (bicyclic) bond motifs is 1. The summed E-state index contributed by atoms with van der Waals surface area (Å²) >= 11 is 1.68.